The van der Waals surface area contributed by atoms with E-state index >= 15 is 0 Å². The van der Waals surface area contributed by atoms with Crippen LogP contribution in [0, 0.1) is 6.92 Å². The largest absolute Gasteiger partial charge is 0.444 e. The third-order valence-corrected chi connectivity index (χ3v) is 3.74. The lowest BCUT2D eigenvalue weighted by Crippen LogP contribution is -2.16. The number of aryl methyl sites for hydroxylation is 1. The number of amides is 1. The standard InChI is InChI=1S/C19H15F3N2O2/c1-12-7-8-14(9-16(12)19(20,21)22)23-17(25)10-15-11-26-18(24-15)13-5-3-2-4-6-13/h2-9,11H,10H2,1H3,(H,23,25). The second-order valence-electron chi connectivity index (χ2n) is 5.76. The topological polar surface area (TPSA) is 55.1 Å². The Bertz CT molecular complexity index is 918. The summed E-state index contributed by atoms with van der Waals surface area (Å²) in [6, 6.07) is 12.8. The highest BCUT2D eigenvalue weighted by Crippen LogP contribution is 2.33. The van der Waals surface area contributed by atoms with Gasteiger partial charge in [-0.15, -0.1) is 0 Å². The maximum absolute atomic E-state index is 12.9. The highest BCUT2D eigenvalue weighted by molar-refractivity contribution is 5.92. The zero-order valence-corrected chi connectivity index (χ0v) is 13.8. The lowest BCUT2D eigenvalue weighted by Gasteiger charge is -2.12. The summed E-state index contributed by atoms with van der Waals surface area (Å²) in [5.41, 5.74) is 0.569. The summed E-state index contributed by atoms with van der Waals surface area (Å²) in [4.78, 5) is 16.3. The molecule has 0 radical (unpaired) electrons. The molecule has 0 aliphatic heterocycles. The maximum Gasteiger partial charge on any atom is 0.416 e. The molecular weight excluding hydrogens is 345 g/mol. The molecule has 0 aliphatic rings. The first-order chi connectivity index (χ1) is 12.3. The van der Waals surface area contributed by atoms with Crippen LogP contribution < -0.4 is 5.32 Å². The van der Waals surface area contributed by atoms with E-state index in [4.69, 9.17) is 4.42 Å². The van der Waals surface area contributed by atoms with Crippen LogP contribution in [-0.2, 0) is 17.4 Å². The van der Waals surface area contributed by atoms with Crippen molar-refractivity contribution < 1.29 is 22.4 Å². The number of nitrogens with one attached hydrogen (secondary N) is 1. The lowest BCUT2D eigenvalue weighted by atomic mass is 10.1. The van der Waals surface area contributed by atoms with Crippen molar-refractivity contribution in [1.29, 1.82) is 0 Å². The first kappa shape index (κ1) is 17.7. The van der Waals surface area contributed by atoms with E-state index in [1.807, 2.05) is 30.3 Å². The van der Waals surface area contributed by atoms with Gasteiger partial charge in [0, 0.05) is 11.3 Å². The van der Waals surface area contributed by atoms with Gasteiger partial charge in [-0.3, -0.25) is 4.79 Å². The number of aromatic nitrogens is 1. The molecule has 3 rings (SSSR count). The van der Waals surface area contributed by atoms with Crippen LogP contribution in [0.25, 0.3) is 11.5 Å². The van der Waals surface area contributed by atoms with Crippen molar-refractivity contribution in [2.45, 2.75) is 19.5 Å². The first-order valence-corrected chi connectivity index (χ1v) is 7.80. The van der Waals surface area contributed by atoms with Crippen molar-refractivity contribution in [3.63, 3.8) is 0 Å². The fourth-order valence-electron chi connectivity index (χ4n) is 2.48. The summed E-state index contributed by atoms with van der Waals surface area (Å²) in [5.74, 6) is -0.0991. The SMILES string of the molecule is Cc1ccc(NC(=O)Cc2coc(-c3ccccc3)n2)cc1C(F)(F)F. The molecule has 1 amide bonds. The molecule has 0 aliphatic carbocycles. The van der Waals surface area contributed by atoms with E-state index in [2.05, 4.69) is 10.3 Å². The fraction of sp³-hybridized carbons (Fsp3) is 0.158. The van der Waals surface area contributed by atoms with Gasteiger partial charge in [-0.05, 0) is 36.8 Å². The molecule has 4 nitrogen and oxygen atoms in total. The quantitative estimate of drug-likeness (QED) is 0.724. The Morgan fingerprint density at radius 2 is 1.88 bits per heavy atom. The van der Waals surface area contributed by atoms with Crippen LogP contribution in [0.3, 0.4) is 0 Å². The average Bonchev–Trinajstić information content (AvgIpc) is 3.05. The van der Waals surface area contributed by atoms with Crippen LogP contribution in [0.15, 0.2) is 59.2 Å². The van der Waals surface area contributed by atoms with Crippen molar-refractivity contribution >= 4 is 11.6 Å². The molecule has 1 N–H and O–H groups in total. The summed E-state index contributed by atoms with van der Waals surface area (Å²) < 4.78 is 44.2. The Morgan fingerprint density at radius 3 is 2.58 bits per heavy atom. The van der Waals surface area contributed by atoms with E-state index in [-0.39, 0.29) is 17.7 Å². The zero-order chi connectivity index (χ0) is 18.7. The number of halogens is 3. The Morgan fingerprint density at radius 1 is 1.15 bits per heavy atom. The second kappa shape index (κ2) is 7.03. The van der Waals surface area contributed by atoms with E-state index < -0.39 is 17.6 Å². The molecular formula is C19H15F3N2O2. The van der Waals surface area contributed by atoms with Crippen LogP contribution in [-0.4, -0.2) is 10.9 Å². The van der Waals surface area contributed by atoms with Gasteiger partial charge in [0.15, 0.2) is 0 Å². The molecule has 0 atom stereocenters. The smallest absolute Gasteiger partial charge is 0.416 e. The molecule has 0 saturated heterocycles. The third kappa shape index (κ3) is 4.11. The third-order valence-electron chi connectivity index (χ3n) is 3.74. The van der Waals surface area contributed by atoms with Gasteiger partial charge in [-0.1, -0.05) is 24.3 Å². The molecule has 0 fully saturated rings. The minimum atomic E-state index is -4.47. The van der Waals surface area contributed by atoms with Crippen LogP contribution in [0.4, 0.5) is 18.9 Å². The molecule has 0 saturated carbocycles. The molecule has 1 heterocycles. The average molecular weight is 360 g/mol. The molecule has 3 aromatic rings. The summed E-state index contributed by atoms with van der Waals surface area (Å²) in [6.07, 6.45) is -3.22. The number of rotatable bonds is 4. The van der Waals surface area contributed by atoms with Gasteiger partial charge in [-0.2, -0.15) is 13.2 Å². The van der Waals surface area contributed by atoms with Gasteiger partial charge >= 0.3 is 6.18 Å². The van der Waals surface area contributed by atoms with Crippen molar-refractivity contribution in [3.05, 3.63) is 71.6 Å². The van der Waals surface area contributed by atoms with Crippen LogP contribution >= 0.6 is 0 Å². The lowest BCUT2D eigenvalue weighted by molar-refractivity contribution is -0.138. The van der Waals surface area contributed by atoms with Crippen LogP contribution in [0.1, 0.15) is 16.8 Å². The molecule has 2 aromatic carbocycles. The Kier molecular flexibility index (Phi) is 4.79. The summed E-state index contributed by atoms with van der Waals surface area (Å²) in [7, 11) is 0. The maximum atomic E-state index is 12.9. The number of nitrogens with zero attached hydrogens (tertiary/aromatic N) is 1. The molecule has 134 valence electrons. The minimum Gasteiger partial charge on any atom is -0.444 e. The first-order valence-electron chi connectivity index (χ1n) is 7.80. The van der Waals surface area contributed by atoms with E-state index in [1.54, 1.807) is 0 Å². The number of oxazole rings is 1. The molecule has 0 spiro atoms. The summed E-state index contributed by atoms with van der Waals surface area (Å²) >= 11 is 0. The van der Waals surface area contributed by atoms with Crippen molar-refractivity contribution in [1.82, 2.24) is 4.98 Å². The van der Waals surface area contributed by atoms with E-state index in [9.17, 15) is 18.0 Å². The normalized spacial score (nSPS) is 11.4. The van der Waals surface area contributed by atoms with E-state index in [0.717, 1.165) is 11.6 Å². The molecule has 0 unspecified atom stereocenters. The highest BCUT2D eigenvalue weighted by atomic mass is 19.4. The fourth-order valence-corrected chi connectivity index (χ4v) is 2.48. The molecule has 1 aromatic heterocycles. The Balaban J connectivity index is 1.69. The van der Waals surface area contributed by atoms with Gasteiger partial charge < -0.3 is 9.73 Å². The van der Waals surface area contributed by atoms with Crippen molar-refractivity contribution in [2.24, 2.45) is 0 Å². The van der Waals surface area contributed by atoms with Gasteiger partial charge in [0.25, 0.3) is 0 Å². The molecule has 26 heavy (non-hydrogen) atoms. The summed E-state index contributed by atoms with van der Waals surface area (Å²) in [5, 5.41) is 2.46. The summed E-state index contributed by atoms with van der Waals surface area (Å²) in [6.45, 7) is 1.37. The number of carbonyl (C=O) groups is 1. The predicted molar refractivity (Wildman–Crippen MR) is 90.5 cm³/mol. The minimum absolute atomic E-state index is 0.0831. The number of hydrogen-bond donors (Lipinski definition) is 1. The van der Waals surface area contributed by atoms with E-state index in [0.29, 0.717) is 11.6 Å². The van der Waals surface area contributed by atoms with Crippen molar-refractivity contribution in [3.8, 4) is 11.5 Å². The van der Waals surface area contributed by atoms with Crippen LogP contribution in [0.2, 0.25) is 0 Å². The van der Waals surface area contributed by atoms with Gasteiger partial charge in [0.2, 0.25) is 11.8 Å². The number of anilines is 1. The number of carbonyl (C=O) groups excluding carboxylic acids is 1. The van der Waals surface area contributed by atoms with Gasteiger partial charge in [0.05, 0.1) is 17.7 Å². The number of alkyl halides is 3. The van der Waals surface area contributed by atoms with Gasteiger partial charge in [0.1, 0.15) is 6.26 Å². The second-order valence-corrected chi connectivity index (χ2v) is 5.76. The monoisotopic (exact) mass is 360 g/mol. The Hall–Kier alpha value is -3.09. The molecule has 0 bridgehead atoms. The highest BCUT2D eigenvalue weighted by Gasteiger charge is 2.32. The number of benzene rings is 2. The zero-order valence-electron chi connectivity index (χ0n) is 13.8. The van der Waals surface area contributed by atoms with Crippen LogP contribution in [0.5, 0.6) is 0 Å². The predicted octanol–water partition coefficient (Wildman–Crippen LogP) is 4.85. The van der Waals surface area contributed by atoms with Crippen molar-refractivity contribution in [2.75, 3.05) is 5.32 Å². The molecule has 7 heteroatoms. The Labute approximate surface area is 147 Å². The van der Waals surface area contributed by atoms with E-state index in [1.165, 1.54) is 25.3 Å². The van der Waals surface area contributed by atoms with Gasteiger partial charge in [-0.25, -0.2) is 4.98 Å². The number of hydrogen-bond acceptors (Lipinski definition) is 3.